The lowest BCUT2D eigenvalue weighted by molar-refractivity contribution is 0.245. The average molecular weight is 376 g/mol. The van der Waals surface area contributed by atoms with E-state index in [-0.39, 0.29) is 23.0 Å². The lowest BCUT2D eigenvalue weighted by atomic mass is 10.3. The van der Waals surface area contributed by atoms with Crippen LogP contribution in [-0.2, 0) is 16.6 Å². The van der Waals surface area contributed by atoms with Crippen molar-refractivity contribution >= 4 is 31.6 Å². The Labute approximate surface area is 130 Å². The van der Waals surface area contributed by atoms with E-state index in [0.29, 0.717) is 11.4 Å². The van der Waals surface area contributed by atoms with Crippen LogP contribution in [0.5, 0.6) is 5.75 Å². The Bertz CT molecular complexity index is 754. The number of nitrogens with one attached hydrogen (secondary N) is 1. The average Bonchev–Trinajstić information content (AvgIpc) is 2.83. The summed E-state index contributed by atoms with van der Waals surface area (Å²) in [7, 11) is -2.30. The molecular weight excluding hydrogens is 362 g/mol. The first-order valence-corrected chi connectivity index (χ1v) is 8.21. The maximum absolute atomic E-state index is 12.3. The zero-order valence-corrected chi connectivity index (χ0v) is 13.8. The van der Waals surface area contributed by atoms with Gasteiger partial charge in [0.25, 0.3) is 10.0 Å². The normalized spacial score (nSPS) is 11.4. The van der Waals surface area contributed by atoms with Crippen LogP contribution >= 0.6 is 15.9 Å². The second kappa shape index (κ2) is 6.08. The van der Waals surface area contributed by atoms with Crippen LogP contribution in [0.3, 0.4) is 0 Å². The zero-order chi connectivity index (χ0) is 15.6. The maximum Gasteiger partial charge on any atom is 0.265 e. The third-order valence-electron chi connectivity index (χ3n) is 2.77. The van der Waals surface area contributed by atoms with E-state index in [2.05, 4.69) is 20.7 Å². The van der Waals surface area contributed by atoms with Gasteiger partial charge in [0.1, 0.15) is 28.8 Å². The molecule has 1 heterocycles. The van der Waals surface area contributed by atoms with Gasteiger partial charge in [-0.25, -0.2) is 8.42 Å². The predicted molar refractivity (Wildman–Crippen MR) is 80.9 cm³/mol. The second-order valence-electron chi connectivity index (χ2n) is 4.25. The minimum atomic E-state index is -3.80. The van der Waals surface area contributed by atoms with Crippen molar-refractivity contribution in [1.29, 1.82) is 0 Å². The van der Waals surface area contributed by atoms with E-state index < -0.39 is 10.0 Å². The first kappa shape index (κ1) is 15.9. The number of rotatable bonds is 5. The summed E-state index contributed by atoms with van der Waals surface area (Å²) in [4.78, 5) is -0.00608. The summed E-state index contributed by atoms with van der Waals surface area (Å²) >= 11 is 3.29. The van der Waals surface area contributed by atoms with Gasteiger partial charge in [-0.05, 0) is 35.0 Å². The van der Waals surface area contributed by atoms with E-state index in [1.54, 1.807) is 18.2 Å². The number of benzene rings is 1. The molecule has 0 saturated heterocycles. The first-order valence-electron chi connectivity index (χ1n) is 5.94. The standard InChI is InChI=1S/C13H14BrNO5S/c1-8-13(6-10(7-16)20-8)21(17,18)15-9-3-4-11(14)12(5-9)19-2/h3-6,15-16H,7H2,1-2H3. The molecule has 0 bridgehead atoms. The van der Waals surface area contributed by atoms with Crippen LogP contribution in [0.1, 0.15) is 11.5 Å². The number of aryl methyl sites for hydroxylation is 1. The molecule has 0 radical (unpaired) electrons. The molecular formula is C13H14BrNO5S. The van der Waals surface area contributed by atoms with Gasteiger partial charge < -0.3 is 14.3 Å². The highest BCUT2D eigenvalue weighted by molar-refractivity contribution is 9.10. The number of ether oxygens (including phenoxy) is 1. The highest BCUT2D eigenvalue weighted by Gasteiger charge is 2.21. The Hall–Kier alpha value is -1.51. The molecule has 0 atom stereocenters. The third-order valence-corrected chi connectivity index (χ3v) is 4.92. The van der Waals surface area contributed by atoms with Crippen LogP contribution in [0.2, 0.25) is 0 Å². The van der Waals surface area contributed by atoms with Gasteiger partial charge in [0.2, 0.25) is 0 Å². The van der Waals surface area contributed by atoms with Gasteiger partial charge >= 0.3 is 0 Å². The predicted octanol–water partition coefficient (Wildman–Crippen LogP) is 2.65. The van der Waals surface area contributed by atoms with Crippen LogP contribution in [0, 0.1) is 6.92 Å². The molecule has 21 heavy (non-hydrogen) atoms. The first-order chi connectivity index (χ1) is 9.87. The number of hydrogen-bond acceptors (Lipinski definition) is 5. The highest BCUT2D eigenvalue weighted by Crippen LogP contribution is 2.29. The molecule has 2 aromatic rings. The van der Waals surface area contributed by atoms with Crippen molar-refractivity contribution in [2.75, 3.05) is 11.8 Å². The topological polar surface area (TPSA) is 88.8 Å². The summed E-state index contributed by atoms with van der Waals surface area (Å²) in [6.45, 7) is 1.17. The van der Waals surface area contributed by atoms with E-state index in [1.165, 1.54) is 20.1 Å². The number of anilines is 1. The number of sulfonamides is 1. The lowest BCUT2D eigenvalue weighted by Crippen LogP contribution is -2.13. The summed E-state index contributed by atoms with van der Waals surface area (Å²) in [5, 5.41) is 9.00. The van der Waals surface area contributed by atoms with Gasteiger partial charge in [-0.2, -0.15) is 0 Å². The number of furan rings is 1. The van der Waals surface area contributed by atoms with Crippen LogP contribution in [0.15, 0.2) is 38.1 Å². The highest BCUT2D eigenvalue weighted by atomic mass is 79.9. The molecule has 0 aliphatic rings. The number of hydrogen-bond donors (Lipinski definition) is 2. The van der Waals surface area contributed by atoms with Gasteiger partial charge in [-0.1, -0.05) is 0 Å². The smallest absolute Gasteiger partial charge is 0.265 e. The molecule has 0 aliphatic heterocycles. The van der Waals surface area contributed by atoms with Crippen LogP contribution in [0.25, 0.3) is 0 Å². The zero-order valence-electron chi connectivity index (χ0n) is 11.4. The molecule has 0 amide bonds. The van der Waals surface area contributed by atoms with Crippen molar-refractivity contribution in [3.63, 3.8) is 0 Å². The summed E-state index contributed by atoms with van der Waals surface area (Å²) in [6, 6.07) is 6.14. The van der Waals surface area contributed by atoms with Crippen LogP contribution in [0.4, 0.5) is 5.69 Å². The van der Waals surface area contributed by atoms with Crippen molar-refractivity contribution in [2.45, 2.75) is 18.4 Å². The Balaban J connectivity index is 2.35. The second-order valence-corrected chi connectivity index (χ2v) is 6.75. The van der Waals surface area contributed by atoms with Crippen molar-refractivity contribution in [3.05, 3.63) is 40.3 Å². The van der Waals surface area contributed by atoms with Crippen LogP contribution < -0.4 is 9.46 Å². The minimum absolute atomic E-state index is 0.00608. The molecule has 0 fully saturated rings. The van der Waals surface area contributed by atoms with E-state index in [0.717, 1.165) is 4.47 Å². The number of aliphatic hydroxyl groups is 1. The molecule has 0 aliphatic carbocycles. The van der Waals surface area contributed by atoms with E-state index in [9.17, 15) is 8.42 Å². The van der Waals surface area contributed by atoms with Gasteiger partial charge in [-0.3, -0.25) is 4.72 Å². The van der Waals surface area contributed by atoms with Crippen molar-refractivity contribution in [2.24, 2.45) is 0 Å². The van der Waals surface area contributed by atoms with Gasteiger partial charge in [0, 0.05) is 12.1 Å². The molecule has 0 unspecified atom stereocenters. The third kappa shape index (κ3) is 3.39. The Kier molecular flexibility index (Phi) is 4.60. The van der Waals surface area contributed by atoms with Crippen LogP contribution in [-0.4, -0.2) is 20.6 Å². The fourth-order valence-electron chi connectivity index (χ4n) is 1.80. The quantitative estimate of drug-likeness (QED) is 0.838. The molecule has 6 nitrogen and oxygen atoms in total. The molecule has 1 aromatic carbocycles. The molecule has 0 spiro atoms. The SMILES string of the molecule is COc1cc(NS(=O)(=O)c2cc(CO)oc2C)ccc1Br. The molecule has 8 heteroatoms. The number of aliphatic hydroxyl groups excluding tert-OH is 1. The maximum atomic E-state index is 12.3. The molecule has 2 rings (SSSR count). The Morgan fingerprint density at radius 2 is 2.10 bits per heavy atom. The van der Waals surface area contributed by atoms with E-state index >= 15 is 0 Å². The Morgan fingerprint density at radius 1 is 1.38 bits per heavy atom. The van der Waals surface area contributed by atoms with Crippen molar-refractivity contribution in [3.8, 4) is 5.75 Å². The van der Waals surface area contributed by atoms with Crippen molar-refractivity contribution in [1.82, 2.24) is 0 Å². The summed E-state index contributed by atoms with van der Waals surface area (Å²) in [6.07, 6.45) is 0. The fourth-order valence-corrected chi connectivity index (χ4v) is 3.46. The number of methoxy groups -OCH3 is 1. The largest absolute Gasteiger partial charge is 0.495 e. The molecule has 114 valence electrons. The van der Waals surface area contributed by atoms with Gasteiger partial charge in [0.05, 0.1) is 17.3 Å². The summed E-state index contributed by atoms with van der Waals surface area (Å²) < 4.78 is 38.1. The van der Waals surface area contributed by atoms with Gasteiger partial charge in [-0.15, -0.1) is 0 Å². The van der Waals surface area contributed by atoms with Gasteiger partial charge in [0.15, 0.2) is 0 Å². The van der Waals surface area contributed by atoms with Crippen molar-refractivity contribution < 1.29 is 22.7 Å². The molecule has 1 aromatic heterocycles. The fraction of sp³-hybridized carbons (Fsp3) is 0.231. The molecule has 0 saturated carbocycles. The van der Waals surface area contributed by atoms with E-state index in [1.807, 2.05) is 0 Å². The summed E-state index contributed by atoms with van der Waals surface area (Å²) in [5.74, 6) is 0.923. The summed E-state index contributed by atoms with van der Waals surface area (Å²) in [5.41, 5.74) is 0.362. The minimum Gasteiger partial charge on any atom is -0.495 e. The number of halogens is 1. The van der Waals surface area contributed by atoms with E-state index in [4.69, 9.17) is 14.3 Å². The molecule has 2 N–H and O–H groups in total. The lowest BCUT2D eigenvalue weighted by Gasteiger charge is -2.09. The Morgan fingerprint density at radius 3 is 2.67 bits per heavy atom. The monoisotopic (exact) mass is 375 g/mol.